The first-order valence-electron chi connectivity index (χ1n) is 16.9. The number of hydrogen-bond donors (Lipinski definition) is 0. The van der Waals surface area contributed by atoms with Crippen LogP contribution < -0.4 is 0 Å². The minimum absolute atomic E-state index is 0.0742. The van der Waals surface area contributed by atoms with Crippen molar-refractivity contribution < 1.29 is 28.2 Å². The monoisotopic (exact) mass is 637 g/mol. The van der Waals surface area contributed by atoms with Crippen molar-refractivity contribution in [3.63, 3.8) is 0 Å². The molecule has 0 radical (unpaired) electrons. The van der Waals surface area contributed by atoms with E-state index in [-0.39, 0.29) is 30.0 Å². The van der Waals surface area contributed by atoms with E-state index in [1.54, 1.807) is 30.2 Å². The molecule has 4 rings (SSSR count). The Hall–Kier alpha value is -3.46. The summed E-state index contributed by atoms with van der Waals surface area (Å²) in [7, 11) is 1.67. The number of likely N-dealkylation sites (tertiary alicyclic amines) is 2. The lowest BCUT2D eigenvalue weighted by molar-refractivity contribution is 0.00752. The van der Waals surface area contributed by atoms with Crippen molar-refractivity contribution in [3.05, 3.63) is 58.9 Å². The zero-order chi connectivity index (χ0) is 33.4. The van der Waals surface area contributed by atoms with Gasteiger partial charge in [-0.2, -0.15) is 0 Å². The van der Waals surface area contributed by atoms with Gasteiger partial charge in [0.15, 0.2) is 0 Å². The summed E-state index contributed by atoms with van der Waals surface area (Å²) in [5.41, 5.74) is 2.30. The Labute approximate surface area is 274 Å². The van der Waals surface area contributed by atoms with Crippen LogP contribution in [0.5, 0.6) is 0 Å². The highest BCUT2D eigenvalue weighted by Gasteiger charge is 2.34. The van der Waals surface area contributed by atoms with E-state index in [2.05, 4.69) is 0 Å². The predicted octanol–water partition coefficient (Wildman–Crippen LogP) is 7.34. The number of carbonyl (C=O) groups is 3. The summed E-state index contributed by atoms with van der Waals surface area (Å²) in [6, 6.07) is 9.81. The number of hydrogen-bond acceptors (Lipinski definition) is 5. The average Bonchev–Trinajstić information content (AvgIpc) is 3.02. The number of methoxy groups -OCH3 is 1. The van der Waals surface area contributed by atoms with E-state index < -0.39 is 11.4 Å². The summed E-state index contributed by atoms with van der Waals surface area (Å²) >= 11 is 0. The van der Waals surface area contributed by atoms with Crippen molar-refractivity contribution in [1.82, 2.24) is 14.7 Å². The van der Waals surface area contributed by atoms with Gasteiger partial charge in [-0.25, -0.2) is 9.18 Å². The normalized spacial score (nSPS) is 17.3. The largest absolute Gasteiger partial charge is 0.444 e. The lowest BCUT2D eigenvalue weighted by Crippen LogP contribution is -2.54. The maximum Gasteiger partial charge on any atom is 0.410 e. The molecule has 2 fully saturated rings. The van der Waals surface area contributed by atoms with Crippen molar-refractivity contribution in [2.45, 2.75) is 104 Å². The van der Waals surface area contributed by atoms with Gasteiger partial charge in [-0.05, 0) is 127 Å². The molecule has 0 aliphatic carbocycles. The first-order chi connectivity index (χ1) is 21.9. The number of piperidine rings is 2. The summed E-state index contributed by atoms with van der Waals surface area (Å²) in [5.74, 6) is -0.597. The third-order valence-corrected chi connectivity index (χ3v) is 8.78. The van der Waals surface area contributed by atoms with Crippen LogP contribution in [0.4, 0.5) is 9.18 Å². The molecule has 3 amide bonds. The number of amides is 3. The Morgan fingerprint density at radius 2 is 1.61 bits per heavy atom. The third-order valence-electron chi connectivity index (χ3n) is 8.78. The summed E-state index contributed by atoms with van der Waals surface area (Å²) < 4.78 is 26.3. The smallest absolute Gasteiger partial charge is 0.410 e. The van der Waals surface area contributed by atoms with E-state index in [1.807, 2.05) is 56.6 Å². The molecular formula is C37H52FN3O5. The Morgan fingerprint density at radius 3 is 2.28 bits per heavy atom. The molecule has 0 aromatic heterocycles. The number of rotatable bonds is 10. The van der Waals surface area contributed by atoms with Crippen molar-refractivity contribution in [3.8, 4) is 11.1 Å². The zero-order valence-electron chi connectivity index (χ0n) is 28.6. The van der Waals surface area contributed by atoms with Gasteiger partial charge in [-0.15, -0.1) is 0 Å². The minimum Gasteiger partial charge on any atom is -0.444 e. The fourth-order valence-corrected chi connectivity index (χ4v) is 6.55. The number of nitrogens with zero attached hydrogens (tertiary/aromatic N) is 3. The SMILES string of the molecule is COCCCCc1cc(C(=O)N(C(C)C)C2CCCN(C(=O)OC(C)(C)C)C2)ccc1-c1cc(C(=O)N2CCCCC2)ccc1F. The molecule has 1 unspecified atom stereocenters. The van der Waals surface area contributed by atoms with E-state index in [4.69, 9.17) is 9.47 Å². The highest BCUT2D eigenvalue weighted by molar-refractivity contribution is 5.97. The molecule has 0 bridgehead atoms. The van der Waals surface area contributed by atoms with Crippen molar-refractivity contribution in [1.29, 1.82) is 0 Å². The minimum atomic E-state index is -0.598. The lowest BCUT2D eigenvalue weighted by Gasteiger charge is -2.41. The van der Waals surface area contributed by atoms with E-state index in [0.29, 0.717) is 48.4 Å². The number of benzene rings is 2. The van der Waals surface area contributed by atoms with Crippen LogP contribution in [0, 0.1) is 5.82 Å². The number of aryl methyl sites for hydroxylation is 1. The second-order valence-corrected chi connectivity index (χ2v) is 13.9. The van der Waals surface area contributed by atoms with Crippen molar-refractivity contribution >= 4 is 17.9 Å². The molecule has 2 heterocycles. The molecule has 2 saturated heterocycles. The van der Waals surface area contributed by atoms with Crippen LogP contribution in [0.3, 0.4) is 0 Å². The molecule has 2 aliphatic heterocycles. The van der Waals surface area contributed by atoms with Gasteiger partial charge >= 0.3 is 6.09 Å². The summed E-state index contributed by atoms with van der Waals surface area (Å²) in [6.45, 7) is 12.6. The van der Waals surface area contributed by atoms with Gasteiger partial charge in [-0.3, -0.25) is 9.59 Å². The summed E-state index contributed by atoms with van der Waals surface area (Å²) in [4.78, 5) is 45.8. The molecule has 46 heavy (non-hydrogen) atoms. The second-order valence-electron chi connectivity index (χ2n) is 13.9. The van der Waals surface area contributed by atoms with Gasteiger partial charge in [0.05, 0.1) is 6.04 Å². The average molecular weight is 638 g/mol. The van der Waals surface area contributed by atoms with E-state index in [9.17, 15) is 14.4 Å². The maximum absolute atomic E-state index is 15.5. The molecular weight excluding hydrogens is 585 g/mol. The molecule has 0 saturated carbocycles. The third kappa shape index (κ3) is 9.08. The molecule has 2 aromatic carbocycles. The first-order valence-corrected chi connectivity index (χ1v) is 16.9. The quantitative estimate of drug-likeness (QED) is 0.255. The Kier molecular flexibility index (Phi) is 12.2. The zero-order valence-corrected chi connectivity index (χ0v) is 28.6. The van der Waals surface area contributed by atoms with Gasteiger partial charge in [0, 0.05) is 62.6 Å². The van der Waals surface area contributed by atoms with Gasteiger partial charge in [0.2, 0.25) is 0 Å². The highest BCUT2D eigenvalue weighted by Crippen LogP contribution is 2.32. The Balaban J connectivity index is 1.64. The van der Waals surface area contributed by atoms with Crippen LogP contribution in [0.15, 0.2) is 36.4 Å². The van der Waals surface area contributed by atoms with Gasteiger partial charge < -0.3 is 24.2 Å². The van der Waals surface area contributed by atoms with Crippen LogP contribution >= 0.6 is 0 Å². The molecule has 1 atom stereocenters. The molecule has 2 aromatic rings. The van der Waals surface area contributed by atoms with Crippen LogP contribution in [0.2, 0.25) is 0 Å². The molecule has 8 nitrogen and oxygen atoms in total. The summed E-state index contributed by atoms with van der Waals surface area (Å²) in [5, 5.41) is 0. The predicted molar refractivity (Wildman–Crippen MR) is 179 cm³/mol. The van der Waals surface area contributed by atoms with Gasteiger partial charge in [-0.1, -0.05) is 6.07 Å². The molecule has 0 N–H and O–H groups in total. The summed E-state index contributed by atoms with van der Waals surface area (Å²) in [6.07, 6.45) is 6.53. The molecule has 2 aliphatic rings. The van der Waals surface area contributed by atoms with Crippen molar-refractivity contribution in [2.75, 3.05) is 39.9 Å². The molecule has 0 spiro atoms. The number of unbranched alkanes of at least 4 members (excludes halogenated alkanes) is 1. The lowest BCUT2D eigenvalue weighted by atomic mass is 9.92. The van der Waals surface area contributed by atoms with Gasteiger partial charge in [0.1, 0.15) is 11.4 Å². The van der Waals surface area contributed by atoms with Gasteiger partial charge in [0.25, 0.3) is 11.8 Å². The second kappa shape index (κ2) is 15.9. The van der Waals surface area contributed by atoms with Crippen LogP contribution in [-0.4, -0.2) is 90.2 Å². The number of ether oxygens (including phenoxy) is 2. The van der Waals surface area contributed by atoms with E-state index in [0.717, 1.165) is 63.6 Å². The number of halogens is 1. The fourth-order valence-electron chi connectivity index (χ4n) is 6.55. The van der Waals surface area contributed by atoms with E-state index in [1.165, 1.54) is 6.07 Å². The number of carbonyl (C=O) groups excluding carboxylic acids is 3. The van der Waals surface area contributed by atoms with Crippen LogP contribution in [0.1, 0.15) is 106 Å². The standard InChI is InChI=1S/C37H52FN3O5/c1-26(2)41(30-14-12-21-40(25-30)36(44)46-37(3,4)5)35(43)28-15-17-31(27(23-28)13-8-11-22-45-6)32-24-29(16-18-33(32)38)34(42)39-19-9-7-10-20-39/h15-18,23-24,26,30H,7-14,19-22,25H2,1-6H3. The maximum atomic E-state index is 15.5. The Bertz CT molecular complexity index is 1370. The Morgan fingerprint density at radius 1 is 0.913 bits per heavy atom. The van der Waals surface area contributed by atoms with E-state index >= 15 is 4.39 Å². The topological polar surface area (TPSA) is 79.4 Å². The van der Waals surface area contributed by atoms with Crippen LogP contribution in [0.25, 0.3) is 11.1 Å². The highest BCUT2D eigenvalue weighted by atomic mass is 19.1. The molecule has 9 heteroatoms. The molecule has 252 valence electrons. The van der Waals surface area contributed by atoms with Crippen LogP contribution in [-0.2, 0) is 15.9 Å². The van der Waals surface area contributed by atoms with Crippen molar-refractivity contribution in [2.24, 2.45) is 0 Å². The first kappa shape index (κ1) is 35.4. The fraction of sp³-hybridized carbons (Fsp3) is 0.595.